The number of carbonyl (C=O) groups excluding carboxylic acids is 1. The van der Waals surface area contributed by atoms with Crippen LogP contribution >= 0.6 is 11.8 Å². The van der Waals surface area contributed by atoms with E-state index < -0.39 is 0 Å². The lowest BCUT2D eigenvalue weighted by atomic mass is 10.1. The Bertz CT molecular complexity index is 775. The lowest BCUT2D eigenvalue weighted by Crippen LogP contribution is -2.49. The summed E-state index contributed by atoms with van der Waals surface area (Å²) in [7, 11) is 0. The molecule has 0 aliphatic carbocycles. The van der Waals surface area contributed by atoms with E-state index in [4.69, 9.17) is 0 Å². The van der Waals surface area contributed by atoms with E-state index in [-0.39, 0.29) is 5.91 Å². The van der Waals surface area contributed by atoms with Crippen LogP contribution < -0.4 is 0 Å². The number of hydrogen-bond donors (Lipinski definition) is 0. The highest BCUT2D eigenvalue weighted by molar-refractivity contribution is 7.99. The van der Waals surface area contributed by atoms with Crippen molar-refractivity contribution in [3.8, 4) is 0 Å². The highest BCUT2D eigenvalue weighted by Gasteiger charge is 2.20. The van der Waals surface area contributed by atoms with Crippen molar-refractivity contribution in [1.29, 1.82) is 0 Å². The minimum Gasteiger partial charge on any atom is -0.339 e. The van der Waals surface area contributed by atoms with Gasteiger partial charge in [-0.2, -0.15) is 0 Å². The predicted molar refractivity (Wildman–Crippen MR) is 121 cm³/mol. The molecule has 0 saturated carbocycles. The first-order valence-corrected chi connectivity index (χ1v) is 11.1. The third-order valence-electron chi connectivity index (χ3n) is 4.97. The minimum absolute atomic E-state index is 0.272. The first-order chi connectivity index (χ1) is 13.6. The monoisotopic (exact) mass is 394 g/mol. The molecule has 3 rings (SSSR count). The average Bonchev–Trinajstić information content (AvgIpc) is 2.68. The number of carbonyl (C=O) groups is 1. The van der Waals surface area contributed by atoms with Gasteiger partial charge in [-0.05, 0) is 25.0 Å². The molecule has 148 valence electrons. The van der Waals surface area contributed by atoms with Crippen molar-refractivity contribution >= 4 is 23.7 Å². The number of piperazine rings is 1. The van der Waals surface area contributed by atoms with E-state index in [1.165, 1.54) is 22.3 Å². The van der Waals surface area contributed by atoms with Crippen molar-refractivity contribution in [1.82, 2.24) is 9.80 Å². The van der Waals surface area contributed by atoms with Gasteiger partial charge in [-0.3, -0.25) is 9.69 Å². The number of aryl methyl sites for hydroxylation is 2. The third-order valence-corrected chi connectivity index (χ3v) is 5.96. The van der Waals surface area contributed by atoms with Crippen LogP contribution in [0, 0.1) is 13.8 Å². The predicted octanol–water partition coefficient (Wildman–Crippen LogP) is 4.39. The second-order valence-corrected chi connectivity index (χ2v) is 8.47. The Balaban J connectivity index is 1.36. The first-order valence-electron chi connectivity index (χ1n) is 9.97. The van der Waals surface area contributed by atoms with Crippen LogP contribution in [0.5, 0.6) is 0 Å². The van der Waals surface area contributed by atoms with Crippen LogP contribution in [-0.2, 0) is 10.5 Å². The van der Waals surface area contributed by atoms with Gasteiger partial charge in [0, 0.05) is 38.5 Å². The van der Waals surface area contributed by atoms with Crippen LogP contribution in [0.15, 0.2) is 54.6 Å². The fourth-order valence-corrected chi connectivity index (χ4v) is 4.44. The second-order valence-electron chi connectivity index (χ2n) is 7.48. The summed E-state index contributed by atoms with van der Waals surface area (Å²) in [4.78, 5) is 16.9. The van der Waals surface area contributed by atoms with Gasteiger partial charge in [0.2, 0.25) is 5.91 Å². The molecule has 1 fully saturated rings. The molecule has 1 amide bonds. The molecule has 0 unspecified atom stereocenters. The Labute approximate surface area is 173 Å². The Morgan fingerprint density at radius 1 is 1.00 bits per heavy atom. The van der Waals surface area contributed by atoms with Gasteiger partial charge in [0.1, 0.15) is 0 Å². The molecule has 0 atom stereocenters. The van der Waals surface area contributed by atoms with Gasteiger partial charge in [-0.25, -0.2) is 0 Å². The number of rotatable bonds is 7. The van der Waals surface area contributed by atoms with Gasteiger partial charge in [0.25, 0.3) is 0 Å². The normalized spacial score (nSPS) is 15.3. The number of amides is 1. The molecular weight excluding hydrogens is 364 g/mol. The summed E-state index contributed by atoms with van der Waals surface area (Å²) in [6.45, 7) is 8.77. The smallest absolute Gasteiger partial charge is 0.232 e. The molecule has 0 spiro atoms. The maximum Gasteiger partial charge on any atom is 0.232 e. The van der Waals surface area contributed by atoms with Gasteiger partial charge in [0.15, 0.2) is 0 Å². The molecular formula is C24H30N2OS. The quantitative estimate of drug-likeness (QED) is 0.696. The summed E-state index contributed by atoms with van der Waals surface area (Å²) >= 11 is 1.72. The zero-order valence-electron chi connectivity index (χ0n) is 16.9. The van der Waals surface area contributed by atoms with Crippen molar-refractivity contribution in [3.05, 3.63) is 76.9 Å². The molecule has 2 aromatic rings. The van der Waals surface area contributed by atoms with Crippen molar-refractivity contribution in [2.45, 2.75) is 19.6 Å². The topological polar surface area (TPSA) is 23.6 Å². The number of hydrogen-bond acceptors (Lipinski definition) is 3. The number of nitrogens with zero attached hydrogens (tertiary/aromatic N) is 2. The summed E-state index contributed by atoms with van der Waals surface area (Å²) in [5, 5.41) is 0. The van der Waals surface area contributed by atoms with E-state index in [0.29, 0.717) is 5.75 Å². The second kappa shape index (κ2) is 10.5. The Hall–Kier alpha value is -2.04. The van der Waals surface area contributed by atoms with E-state index in [2.05, 4.69) is 73.4 Å². The number of thioether (sulfide) groups is 1. The lowest BCUT2D eigenvalue weighted by molar-refractivity contribution is -0.129. The fraction of sp³-hybridized carbons (Fsp3) is 0.375. The molecule has 3 nitrogen and oxygen atoms in total. The molecule has 0 radical (unpaired) electrons. The molecule has 0 aromatic heterocycles. The maximum absolute atomic E-state index is 12.5. The highest BCUT2D eigenvalue weighted by atomic mass is 32.2. The zero-order valence-corrected chi connectivity index (χ0v) is 17.8. The van der Waals surface area contributed by atoms with E-state index >= 15 is 0 Å². The van der Waals surface area contributed by atoms with Crippen molar-refractivity contribution < 1.29 is 4.79 Å². The van der Waals surface area contributed by atoms with Gasteiger partial charge in [-0.15, -0.1) is 11.8 Å². The molecule has 2 aromatic carbocycles. The van der Waals surface area contributed by atoms with Gasteiger partial charge < -0.3 is 4.90 Å². The average molecular weight is 395 g/mol. The van der Waals surface area contributed by atoms with Crippen molar-refractivity contribution in [2.75, 3.05) is 38.5 Å². The summed E-state index contributed by atoms with van der Waals surface area (Å²) in [5.41, 5.74) is 5.13. The molecule has 0 N–H and O–H groups in total. The molecule has 28 heavy (non-hydrogen) atoms. The summed E-state index contributed by atoms with van der Waals surface area (Å²) in [5.74, 6) is 1.74. The Kier molecular flexibility index (Phi) is 7.75. The third kappa shape index (κ3) is 6.54. The van der Waals surface area contributed by atoms with Gasteiger partial charge in [-0.1, -0.05) is 71.8 Å². The largest absolute Gasteiger partial charge is 0.339 e. The molecule has 1 aliphatic heterocycles. The maximum atomic E-state index is 12.5. The molecule has 4 heteroatoms. The van der Waals surface area contributed by atoms with Crippen LogP contribution in [0.4, 0.5) is 0 Å². The van der Waals surface area contributed by atoms with Crippen LogP contribution in [0.3, 0.4) is 0 Å². The fourth-order valence-electron chi connectivity index (χ4n) is 3.58. The zero-order chi connectivity index (χ0) is 19.8. The summed E-state index contributed by atoms with van der Waals surface area (Å²) in [6, 6.07) is 17.0. The summed E-state index contributed by atoms with van der Waals surface area (Å²) < 4.78 is 0. The Morgan fingerprint density at radius 2 is 1.68 bits per heavy atom. The lowest BCUT2D eigenvalue weighted by Gasteiger charge is -2.34. The number of benzene rings is 2. The Morgan fingerprint density at radius 3 is 2.36 bits per heavy atom. The van der Waals surface area contributed by atoms with E-state index in [0.717, 1.165) is 38.5 Å². The van der Waals surface area contributed by atoms with Crippen molar-refractivity contribution in [2.24, 2.45) is 0 Å². The SMILES string of the molecule is Cc1cc(C)cc(CSCC(=O)N2CCN(C/C=C/c3ccccc3)CC2)c1. The van der Waals surface area contributed by atoms with Crippen LogP contribution in [-0.4, -0.2) is 54.2 Å². The van der Waals surface area contributed by atoms with Crippen LogP contribution in [0.2, 0.25) is 0 Å². The van der Waals surface area contributed by atoms with Gasteiger partial charge >= 0.3 is 0 Å². The van der Waals surface area contributed by atoms with Gasteiger partial charge in [0.05, 0.1) is 5.75 Å². The highest BCUT2D eigenvalue weighted by Crippen LogP contribution is 2.17. The standard InChI is InChI=1S/C24H30N2OS/c1-20-15-21(2)17-23(16-20)18-28-19-24(27)26-13-11-25(12-14-26)10-6-9-22-7-4-3-5-8-22/h3-9,15-17H,10-14,18-19H2,1-2H3/b9-6+. The van der Waals surface area contributed by atoms with E-state index in [1.54, 1.807) is 11.8 Å². The first kappa shape index (κ1) is 20.7. The minimum atomic E-state index is 0.272. The van der Waals surface area contributed by atoms with Crippen molar-refractivity contribution in [3.63, 3.8) is 0 Å². The summed E-state index contributed by atoms with van der Waals surface area (Å²) in [6.07, 6.45) is 4.38. The molecule has 1 saturated heterocycles. The van der Waals surface area contributed by atoms with Crippen LogP contribution in [0.25, 0.3) is 6.08 Å². The van der Waals surface area contributed by atoms with E-state index in [1.807, 2.05) is 11.0 Å². The molecule has 1 heterocycles. The molecule has 1 aliphatic rings. The van der Waals surface area contributed by atoms with E-state index in [9.17, 15) is 4.79 Å². The van der Waals surface area contributed by atoms with Crippen LogP contribution in [0.1, 0.15) is 22.3 Å². The molecule has 0 bridgehead atoms.